The number of nitrogens with zero attached hydrogens (tertiary/aromatic N) is 1. The molecular formula is C15H18N2O2. The second-order valence-electron chi connectivity index (χ2n) is 4.99. The van der Waals surface area contributed by atoms with Crippen molar-refractivity contribution in [2.75, 3.05) is 5.32 Å². The van der Waals surface area contributed by atoms with Gasteiger partial charge in [-0.05, 0) is 30.5 Å². The van der Waals surface area contributed by atoms with Gasteiger partial charge in [0.05, 0.1) is 6.07 Å². The Bertz CT molecular complexity index is 515. The summed E-state index contributed by atoms with van der Waals surface area (Å²) in [7, 11) is 0. The molecule has 0 aromatic heterocycles. The molecule has 0 unspecified atom stereocenters. The van der Waals surface area contributed by atoms with Crippen molar-refractivity contribution in [3.63, 3.8) is 0 Å². The molecule has 0 aliphatic heterocycles. The molecule has 0 radical (unpaired) electrons. The largest absolute Gasteiger partial charge is 0.325 e. The topological polar surface area (TPSA) is 70.0 Å². The molecule has 1 aromatic rings. The molecule has 0 aliphatic carbocycles. The highest BCUT2D eigenvalue weighted by Gasteiger charge is 2.26. The fraction of sp³-hybridized carbons (Fsp3) is 0.400. The molecule has 0 spiro atoms. The number of Topliss-reactive ketones (excluding diaryl/α,β-unsaturated/α-hetero) is 1. The summed E-state index contributed by atoms with van der Waals surface area (Å²) in [6.07, 6.45) is 0.236. The highest BCUT2D eigenvalue weighted by molar-refractivity contribution is 6.09. The molecule has 0 fully saturated rings. The van der Waals surface area contributed by atoms with Crippen molar-refractivity contribution < 1.29 is 9.59 Å². The van der Waals surface area contributed by atoms with Crippen LogP contribution in [0.4, 0.5) is 5.69 Å². The number of nitriles is 1. The van der Waals surface area contributed by atoms with E-state index in [0.717, 1.165) is 5.56 Å². The predicted molar refractivity (Wildman–Crippen MR) is 73.4 cm³/mol. The Morgan fingerprint density at radius 1 is 1.37 bits per heavy atom. The summed E-state index contributed by atoms with van der Waals surface area (Å²) in [6.45, 7) is 5.66. The first kappa shape index (κ1) is 14.9. The van der Waals surface area contributed by atoms with Crippen LogP contribution in [0.25, 0.3) is 0 Å². The highest BCUT2D eigenvalue weighted by Crippen LogP contribution is 2.13. The Morgan fingerprint density at radius 2 is 2.05 bits per heavy atom. The fourth-order valence-corrected chi connectivity index (χ4v) is 1.73. The zero-order valence-corrected chi connectivity index (χ0v) is 11.4. The molecule has 1 aromatic carbocycles. The van der Waals surface area contributed by atoms with Crippen LogP contribution in [0.3, 0.4) is 0 Å². The van der Waals surface area contributed by atoms with Gasteiger partial charge in [-0.25, -0.2) is 0 Å². The Morgan fingerprint density at radius 3 is 2.58 bits per heavy atom. The Hall–Kier alpha value is -2.15. The summed E-state index contributed by atoms with van der Waals surface area (Å²) in [4.78, 5) is 23.7. The van der Waals surface area contributed by atoms with E-state index >= 15 is 0 Å². The zero-order valence-electron chi connectivity index (χ0n) is 11.4. The van der Waals surface area contributed by atoms with Gasteiger partial charge < -0.3 is 5.32 Å². The molecule has 1 N–H and O–H groups in total. The van der Waals surface area contributed by atoms with E-state index in [4.69, 9.17) is 5.26 Å². The van der Waals surface area contributed by atoms with Crippen molar-refractivity contribution in [2.24, 2.45) is 11.8 Å². The first-order valence-electron chi connectivity index (χ1n) is 6.24. The van der Waals surface area contributed by atoms with Crippen molar-refractivity contribution in [1.82, 2.24) is 0 Å². The number of nitrogens with one attached hydrogen (secondary N) is 1. The van der Waals surface area contributed by atoms with Gasteiger partial charge in [0.2, 0.25) is 5.91 Å². The minimum absolute atomic E-state index is 0.134. The van der Waals surface area contributed by atoms with E-state index in [1.165, 1.54) is 0 Å². The van der Waals surface area contributed by atoms with E-state index in [1.54, 1.807) is 18.2 Å². The molecule has 0 aliphatic rings. The number of carbonyl (C=O) groups excluding carboxylic acids is 2. The second kappa shape index (κ2) is 6.69. The summed E-state index contributed by atoms with van der Waals surface area (Å²) < 4.78 is 0. The van der Waals surface area contributed by atoms with Gasteiger partial charge >= 0.3 is 0 Å². The molecule has 19 heavy (non-hydrogen) atoms. The first-order chi connectivity index (χ1) is 8.93. The number of hydrogen-bond acceptors (Lipinski definition) is 3. The highest BCUT2D eigenvalue weighted by atomic mass is 16.2. The smallest absolute Gasteiger partial charge is 0.249 e. The normalized spacial score (nSPS) is 11.7. The summed E-state index contributed by atoms with van der Waals surface area (Å²) in [5, 5.41) is 11.6. The molecule has 1 amide bonds. The minimum atomic E-state index is -1.23. The van der Waals surface area contributed by atoms with Crippen molar-refractivity contribution in [1.29, 1.82) is 5.26 Å². The van der Waals surface area contributed by atoms with Gasteiger partial charge in [-0.1, -0.05) is 26.0 Å². The van der Waals surface area contributed by atoms with Crippen LogP contribution in [0.15, 0.2) is 24.3 Å². The first-order valence-corrected chi connectivity index (χ1v) is 6.24. The van der Waals surface area contributed by atoms with Gasteiger partial charge in [-0.15, -0.1) is 0 Å². The van der Waals surface area contributed by atoms with Crippen LogP contribution in [0, 0.1) is 30.1 Å². The Labute approximate surface area is 113 Å². The van der Waals surface area contributed by atoms with E-state index in [0.29, 0.717) is 5.69 Å². The van der Waals surface area contributed by atoms with Crippen LogP contribution in [0.5, 0.6) is 0 Å². The third-order valence-corrected chi connectivity index (χ3v) is 2.61. The van der Waals surface area contributed by atoms with E-state index in [2.05, 4.69) is 5.32 Å². The lowest BCUT2D eigenvalue weighted by Gasteiger charge is -2.11. The predicted octanol–water partition coefficient (Wildman–Crippen LogP) is 2.69. The van der Waals surface area contributed by atoms with Crippen LogP contribution in [0.2, 0.25) is 0 Å². The lowest BCUT2D eigenvalue weighted by atomic mass is 9.96. The zero-order chi connectivity index (χ0) is 14.4. The van der Waals surface area contributed by atoms with E-state index in [9.17, 15) is 9.59 Å². The molecular weight excluding hydrogens is 240 g/mol. The van der Waals surface area contributed by atoms with Gasteiger partial charge in [-0.3, -0.25) is 9.59 Å². The number of rotatable bonds is 5. The van der Waals surface area contributed by atoms with E-state index < -0.39 is 11.8 Å². The average Bonchev–Trinajstić information content (AvgIpc) is 2.28. The van der Waals surface area contributed by atoms with Crippen molar-refractivity contribution in [3.8, 4) is 6.07 Å². The third-order valence-electron chi connectivity index (χ3n) is 2.61. The monoisotopic (exact) mass is 258 g/mol. The van der Waals surface area contributed by atoms with Gasteiger partial charge in [0.25, 0.3) is 0 Å². The van der Waals surface area contributed by atoms with Crippen LogP contribution in [0.1, 0.15) is 25.8 Å². The van der Waals surface area contributed by atoms with Gasteiger partial charge in [0.15, 0.2) is 11.7 Å². The molecule has 4 nitrogen and oxygen atoms in total. The van der Waals surface area contributed by atoms with Crippen molar-refractivity contribution in [3.05, 3.63) is 29.8 Å². The average molecular weight is 258 g/mol. The maximum atomic E-state index is 11.9. The van der Waals surface area contributed by atoms with Crippen LogP contribution < -0.4 is 5.32 Å². The van der Waals surface area contributed by atoms with Gasteiger partial charge in [-0.2, -0.15) is 5.26 Å². The maximum Gasteiger partial charge on any atom is 0.249 e. The van der Waals surface area contributed by atoms with E-state index in [1.807, 2.05) is 32.9 Å². The molecule has 0 saturated carbocycles. The molecule has 100 valence electrons. The molecule has 1 rings (SSSR count). The molecule has 4 heteroatoms. The van der Waals surface area contributed by atoms with Crippen molar-refractivity contribution in [2.45, 2.75) is 27.2 Å². The Balaban J connectivity index is 2.75. The van der Waals surface area contributed by atoms with Gasteiger partial charge in [0, 0.05) is 12.1 Å². The number of amides is 1. The maximum absolute atomic E-state index is 11.9. The lowest BCUT2D eigenvalue weighted by Crippen LogP contribution is -2.29. The van der Waals surface area contributed by atoms with Crippen LogP contribution in [-0.2, 0) is 9.59 Å². The second-order valence-corrected chi connectivity index (χ2v) is 4.99. The Kier molecular flexibility index (Phi) is 5.25. The number of aryl methyl sites for hydroxylation is 1. The molecule has 0 heterocycles. The van der Waals surface area contributed by atoms with Crippen molar-refractivity contribution >= 4 is 17.4 Å². The summed E-state index contributed by atoms with van der Waals surface area (Å²) >= 11 is 0. The molecule has 0 bridgehead atoms. The summed E-state index contributed by atoms with van der Waals surface area (Å²) in [6, 6.07) is 9.01. The standard InChI is InChI=1S/C15H18N2O2/c1-10(2)7-14(18)13(9-16)15(19)17-12-6-4-5-11(3)8-12/h4-6,8,10,13H,7H2,1-3H3,(H,17,19)/t13-/m0/s1. The van der Waals surface area contributed by atoms with Gasteiger partial charge in [0.1, 0.15) is 0 Å². The third kappa shape index (κ3) is 4.55. The molecule has 1 atom stereocenters. The van der Waals surface area contributed by atoms with Crippen LogP contribution >= 0.6 is 0 Å². The summed E-state index contributed by atoms with van der Waals surface area (Å²) in [5.41, 5.74) is 1.60. The molecule has 0 saturated heterocycles. The van der Waals surface area contributed by atoms with E-state index in [-0.39, 0.29) is 18.1 Å². The van der Waals surface area contributed by atoms with Crippen LogP contribution in [-0.4, -0.2) is 11.7 Å². The number of ketones is 1. The summed E-state index contributed by atoms with van der Waals surface area (Å²) in [5.74, 6) is -1.99. The number of benzene rings is 1. The number of hydrogen-bond donors (Lipinski definition) is 1. The SMILES string of the molecule is Cc1cccc(NC(=O)[C@@H](C#N)C(=O)CC(C)C)c1. The fourth-order valence-electron chi connectivity index (χ4n) is 1.73. The minimum Gasteiger partial charge on any atom is -0.325 e. The number of anilines is 1. The quantitative estimate of drug-likeness (QED) is 0.825. The number of carbonyl (C=O) groups is 2. The lowest BCUT2D eigenvalue weighted by molar-refractivity contribution is -0.129.